The number of carbonyl (C=O) groups excluding carboxylic acids is 1. The number of rotatable bonds is 4. The van der Waals surface area contributed by atoms with Gasteiger partial charge in [-0.15, -0.1) is 0 Å². The van der Waals surface area contributed by atoms with Crippen molar-refractivity contribution in [1.29, 1.82) is 0 Å². The van der Waals surface area contributed by atoms with Gasteiger partial charge in [0.2, 0.25) is 0 Å². The van der Waals surface area contributed by atoms with E-state index in [0.29, 0.717) is 19.0 Å². The average Bonchev–Trinajstić information content (AvgIpc) is 2.52. The molecule has 2 rings (SSSR count). The molecule has 1 heterocycles. The van der Waals surface area contributed by atoms with Gasteiger partial charge >= 0.3 is 0 Å². The van der Waals surface area contributed by atoms with E-state index >= 15 is 0 Å². The Morgan fingerprint density at radius 2 is 1.83 bits per heavy atom. The summed E-state index contributed by atoms with van der Waals surface area (Å²) in [4.78, 5) is 14.0. The van der Waals surface area contributed by atoms with Crippen LogP contribution in [-0.2, 0) is 10.2 Å². The van der Waals surface area contributed by atoms with Gasteiger partial charge in [-0.2, -0.15) is 0 Å². The Morgan fingerprint density at radius 1 is 1.26 bits per heavy atom. The van der Waals surface area contributed by atoms with Crippen molar-refractivity contribution in [3.63, 3.8) is 0 Å². The molecule has 1 aliphatic rings. The van der Waals surface area contributed by atoms with Crippen LogP contribution in [0.1, 0.15) is 46.1 Å². The Labute approximate surface area is 139 Å². The molecule has 1 unspecified atom stereocenters. The van der Waals surface area contributed by atoms with Crippen LogP contribution in [0.25, 0.3) is 0 Å². The fourth-order valence-electron chi connectivity index (χ4n) is 2.92. The van der Waals surface area contributed by atoms with Crippen molar-refractivity contribution in [3.8, 4) is 5.75 Å². The number of amides is 1. The predicted octanol–water partition coefficient (Wildman–Crippen LogP) is 2.98. The summed E-state index contributed by atoms with van der Waals surface area (Å²) in [6.07, 6.45) is 1.44. The first kappa shape index (κ1) is 17.8. The molecule has 1 amide bonds. The summed E-state index contributed by atoms with van der Waals surface area (Å²) in [6, 6.07) is 7.95. The molecule has 23 heavy (non-hydrogen) atoms. The van der Waals surface area contributed by atoms with E-state index in [1.54, 1.807) is 0 Å². The van der Waals surface area contributed by atoms with Crippen molar-refractivity contribution < 1.29 is 14.6 Å². The van der Waals surface area contributed by atoms with E-state index in [2.05, 4.69) is 20.8 Å². The van der Waals surface area contributed by atoms with Crippen molar-refractivity contribution in [3.05, 3.63) is 29.8 Å². The first-order chi connectivity index (χ1) is 10.8. The van der Waals surface area contributed by atoms with Gasteiger partial charge in [-0.3, -0.25) is 4.79 Å². The van der Waals surface area contributed by atoms with E-state index in [0.717, 1.165) is 18.6 Å². The molecule has 1 fully saturated rings. The maximum Gasteiger partial charge on any atom is 0.260 e. The molecule has 4 nitrogen and oxygen atoms in total. The maximum atomic E-state index is 12.2. The molecule has 1 aromatic carbocycles. The van der Waals surface area contributed by atoms with Gasteiger partial charge < -0.3 is 14.7 Å². The van der Waals surface area contributed by atoms with Gasteiger partial charge in [-0.25, -0.2) is 0 Å². The van der Waals surface area contributed by atoms with Gasteiger partial charge in [0, 0.05) is 13.1 Å². The number of likely N-dealkylation sites (tertiary alicyclic amines) is 1. The summed E-state index contributed by atoms with van der Waals surface area (Å²) < 4.78 is 5.62. The van der Waals surface area contributed by atoms with Crippen LogP contribution in [0.3, 0.4) is 0 Å². The zero-order valence-electron chi connectivity index (χ0n) is 14.7. The molecule has 0 aliphatic carbocycles. The van der Waals surface area contributed by atoms with E-state index in [9.17, 15) is 9.90 Å². The molecule has 1 aromatic rings. The lowest BCUT2D eigenvalue weighted by Crippen LogP contribution is -2.42. The van der Waals surface area contributed by atoms with Crippen LogP contribution >= 0.6 is 0 Å². The Kier molecular flexibility index (Phi) is 5.69. The number of hydrogen-bond donors (Lipinski definition) is 1. The predicted molar refractivity (Wildman–Crippen MR) is 91.6 cm³/mol. The summed E-state index contributed by atoms with van der Waals surface area (Å²) in [6.45, 7) is 9.83. The maximum absolute atomic E-state index is 12.2. The third-order valence-corrected chi connectivity index (χ3v) is 4.66. The highest BCUT2D eigenvalue weighted by atomic mass is 16.5. The second-order valence-corrected chi connectivity index (χ2v) is 7.52. The zero-order chi connectivity index (χ0) is 17.0. The third-order valence-electron chi connectivity index (χ3n) is 4.66. The highest BCUT2D eigenvalue weighted by Crippen LogP contribution is 2.24. The second-order valence-electron chi connectivity index (χ2n) is 7.52. The molecule has 0 saturated carbocycles. The van der Waals surface area contributed by atoms with E-state index in [-0.39, 0.29) is 24.0 Å². The molecule has 0 spiro atoms. The molecular weight excluding hydrogens is 290 g/mol. The zero-order valence-corrected chi connectivity index (χ0v) is 14.7. The van der Waals surface area contributed by atoms with Crippen molar-refractivity contribution in [2.45, 2.75) is 52.1 Å². The largest absolute Gasteiger partial charge is 0.484 e. The summed E-state index contributed by atoms with van der Waals surface area (Å²) >= 11 is 0. The second kappa shape index (κ2) is 7.35. The van der Waals surface area contributed by atoms with E-state index in [1.165, 1.54) is 5.56 Å². The standard InChI is InChI=1S/C19H29NO3/c1-14(21)15-9-11-20(12-10-15)18(22)13-23-17-7-5-16(6-8-17)19(2,3)4/h5-8,14-15,21H,9-13H2,1-4H3. The first-order valence-electron chi connectivity index (χ1n) is 8.46. The van der Waals surface area contributed by atoms with Crippen LogP contribution in [0, 0.1) is 5.92 Å². The molecule has 0 bridgehead atoms. The number of aliphatic hydroxyl groups excluding tert-OH is 1. The summed E-state index contributed by atoms with van der Waals surface area (Å²) in [5.41, 5.74) is 1.36. The molecule has 1 aliphatic heterocycles. The minimum atomic E-state index is -0.287. The lowest BCUT2D eigenvalue weighted by molar-refractivity contribution is -0.135. The number of nitrogens with zero attached hydrogens (tertiary/aromatic N) is 1. The van der Waals surface area contributed by atoms with Gasteiger partial charge in [0.1, 0.15) is 5.75 Å². The monoisotopic (exact) mass is 319 g/mol. The van der Waals surface area contributed by atoms with E-state index < -0.39 is 0 Å². The van der Waals surface area contributed by atoms with Gasteiger partial charge in [0.05, 0.1) is 6.10 Å². The van der Waals surface area contributed by atoms with E-state index in [4.69, 9.17) is 4.74 Å². The van der Waals surface area contributed by atoms with Crippen molar-refractivity contribution in [2.24, 2.45) is 5.92 Å². The average molecular weight is 319 g/mol. The smallest absolute Gasteiger partial charge is 0.260 e. The van der Waals surface area contributed by atoms with Crippen LogP contribution in [0.5, 0.6) is 5.75 Å². The summed E-state index contributed by atoms with van der Waals surface area (Å²) in [5.74, 6) is 1.06. The highest BCUT2D eigenvalue weighted by Gasteiger charge is 2.25. The van der Waals surface area contributed by atoms with Crippen LogP contribution in [0.2, 0.25) is 0 Å². The summed E-state index contributed by atoms with van der Waals surface area (Å²) in [5, 5.41) is 9.61. The lowest BCUT2D eigenvalue weighted by Gasteiger charge is -2.33. The number of aliphatic hydroxyl groups is 1. The lowest BCUT2D eigenvalue weighted by atomic mass is 9.87. The molecule has 1 saturated heterocycles. The van der Waals surface area contributed by atoms with Crippen molar-refractivity contribution in [2.75, 3.05) is 19.7 Å². The quantitative estimate of drug-likeness (QED) is 0.928. The minimum absolute atomic E-state index is 0.0222. The van der Waals surface area contributed by atoms with Gasteiger partial charge in [-0.1, -0.05) is 32.9 Å². The number of ether oxygens (including phenoxy) is 1. The molecule has 1 atom stereocenters. The number of hydrogen-bond acceptors (Lipinski definition) is 3. The Morgan fingerprint density at radius 3 is 2.30 bits per heavy atom. The summed E-state index contributed by atoms with van der Waals surface area (Å²) in [7, 11) is 0. The topological polar surface area (TPSA) is 49.8 Å². The normalized spacial score (nSPS) is 17.9. The van der Waals surface area contributed by atoms with Crippen molar-refractivity contribution >= 4 is 5.91 Å². The molecule has 128 valence electrons. The van der Waals surface area contributed by atoms with Crippen molar-refractivity contribution in [1.82, 2.24) is 4.90 Å². The molecule has 4 heteroatoms. The fourth-order valence-corrected chi connectivity index (χ4v) is 2.92. The SMILES string of the molecule is CC(O)C1CCN(C(=O)COc2ccc(C(C)(C)C)cc2)CC1. The third kappa shape index (κ3) is 4.96. The van der Waals surface area contributed by atoms with Crippen LogP contribution in [0.4, 0.5) is 0 Å². The molecular formula is C19H29NO3. The van der Waals surface area contributed by atoms with Gasteiger partial charge in [0.15, 0.2) is 6.61 Å². The highest BCUT2D eigenvalue weighted by molar-refractivity contribution is 5.77. The number of benzene rings is 1. The Bertz CT molecular complexity index is 508. The molecule has 0 radical (unpaired) electrons. The van der Waals surface area contributed by atoms with E-state index in [1.807, 2.05) is 36.1 Å². The Balaban J connectivity index is 1.81. The Hall–Kier alpha value is -1.55. The van der Waals surface area contributed by atoms with Gasteiger partial charge in [-0.05, 0) is 48.8 Å². The fraction of sp³-hybridized carbons (Fsp3) is 0.632. The molecule has 0 aromatic heterocycles. The number of piperidine rings is 1. The first-order valence-corrected chi connectivity index (χ1v) is 8.46. The van der Waals surface area contributed by atoms with Crippen LogP contribution in [-0.4, -0.2) is 41.7 Å². The molecule has 1 N–H and O–H groups in total. The van der Waals surface area contributed by atoms with Crippen LogP contribution in [0.15, 0.2) is 24.3 Å². The number of carbonyl (C=O) groups is 1. The minimum Gasteiger partial charge on any atom is -0.484 e. The van der Waals surface area contributed by atoms with Gasteiger partial charge in [0.25, 0.3) is 5.91 Å². The van der Waals surface area contributed by atoms with Crippen LogP contribution < -0.4 is 4.74 Å².